The minimum atomic E-state index is -1.11. The molecule has 0 radical (unpaired) electrons. The molecule has 0 saturated carbocycles. The third-order valence-electron chi connectivity index (χ3n) is 3.43. The number of pyridine rings is 2. The first-order chi connectivity index (χ1) is 15.0. The molecule has 196 valence electrons. The fourth-order valence-electron chi connectivity index (χ4n) is 3.47. The van der Waals surface area contributed by atoms with E-state index in [0.29, 0.717) is 0 Å². The monoisotopic (exact) mass is 559 g/mol. The van der Waals surface area contributed by atoms with Crippen LogP contribution in [-0.4, -0.2) is 61.0 Å². The third kappa shape index (κ3) is 33.9. The zero-order valence-corrected chi connectivity index (χ0v) is 31.4. The minimum absolute atomic E-state index is 0. The quantitative estimate of drug-likeness (QED) is 0.346. The number of nitrogens with one attached hydrogen (secondary N) is 1. The molecule has 0 fully saturated rings. The number of rotatable bonds is 4. The predicted molar refractivity (Wildman–Crippen MR) is 172 cm³/mol. The van der Waals surface area contributed by atoms with Crippen LogP contribution in [0.2, 0.25) is 78.6 Å². The van der Waals surface area contributed by atoms with Crippen molar-refractivity contribution in [1.82, 2.24) is 4.98 Å². The van der Waals surface area contributed by atoms with Crippen molar-refractivity contribution < 1.29 is 4.98 Å². The molecule has 2 heterocycles. The zero-order chi connectivity index (χ0) is 27.4. The summed E-state index contributed by atoms with van der Waals surface area (Å²) in [5, 5.41) is 0. The molecular weight excluding hydrogens is 505 g/mol. The molecule has 0 bridgehead atoms. The van der Waals surface area contributed by atoms with Gasteiger partial charge in [0.1, 0.15) is 0 Å². The van der Waals surface area contributed by atoms with Gasteiger partial charge in [-0.2, -0.15) is 0 Å². The molecule has 1 N–H and O–H groups in total. The summed E-state index contributed by atoms with van der Waals surface area (Å²) < 4.78 is 9.64. The van der Waals surface area contributed by atoms with Gasteiger partial charge in [0, 0.05) is 23.5 Å². The second-order valence-electron chi connectivity index (χ2n) is 13.0. The molecule has 9 heteroatoms. The van der Waals surface area contributed by atoms with Gasteiger partial charge >= 0.3 is 23.1 Å². The van der Waals surface area contributed by atoms with Crippen LogP contribution >= 0.6 is 0 Å². The molecule has 0 aliphatic heterocycles. The Hall–Kier alpha value is -0.146. The summed E-state index contributed by atoms with van der Waals surface area (Å²) >= 11 is 0. The average molecular weight is 560 g/mol. The fraction of sp³-hybridized carbons (Fsp3) is 0.615. The second-order valence-corrected chi connectivity index (χ2v) is 32.2. The van der Waals surface area contributed by atoms with Crippen LogP contribution in [0.3, 0.4) is 0 Å². The van der Waals surface area contributed by atoms with Crippen LogP contribution in [0.5, 0.6) is 0 Å². The van der Waals surface area contributed by atoms with Crippen molar-refractivity contribution in [2.24, 2.45) is 0 Å². The van der Waals surface area contributed by atoms with E-state index in [2.05, 4.69) is 115 Å². The van der Waals surface area contributed by atoms with E-state index in [0.717, 1.165) is 0 Å². The molecule has 0 atom stereocenters. The van der Waals surface area contributed by atoms with Crippen molar-refractivity contribution in [3.8, 4) is 0 Å². The molecule has 0 aromatic carbocycles. The van der Waals surface area contributed by atoms with E-state index in [4.69, 9.17) is 9.30 Å². The Bertz CT molecular complexity index is 694. The van der Waals surface area contributed by atoms with Crippen LogP contribution in [-0.2, 0) is 0 Å². The molecule has 0 saturated heterocycles. The Morgan fingerprint density at radius 2 is 0.771 bits per heavy atom. The number of H-pyrrole nitrogens is 1. The molecule has 0 aliphatic rings. The van der Waals surface area contributed by atoms with Gasteiger partial charge in [-0.05, 0) is 44.9 Å². The van der Waals surface area contributed by atoms with E-state index < -0.39 is 32.9 Å². The summed E-state index contributed by atoms with van der Waals surface area (Å²) in [5.74, 6) is 0. The number of hydrogen-bond donors (Lipinski definition) is 0. The van der Waals surface area contributed by atoms with Crippen LogP contribution in [0.1, 0.15) is 22.3 Å². The maximum atomic E-state index is 4.82. The molecule has 2 aromatic heterocycles. The normalized spacial score (nSPS) is 11.4. The first-order valence-electron chi connectivity index (χ1n) is 12.3. The largest absolute Gasteiger partial charge is 2.00 e. The molecule has 2 rings (SSSR count). The summed E-state index contributed by atoms with van der Waals surface area (Å²) in [6.07, 6.45) is 7.67. The van der Waals surface area contributed by atoms with Gasteiger partial charge in [-0.25, -0.2) is 4.98 Å². The molecular formula is C26H55MgN4Si4+. The number of aromatic nitrogens is 2. The summed E-state index contributed by atoms with van der Waals surface area (Å²) in [6.45, 7) is 35.8. The Labute approximate surface area is 239 Å². The smallest absolute Gasteiger partial charge is 0.668 e. The van der Waals surface area contributed by atoms with E-state index in [1.54, 1.807) is 0 Å². The molecule has 0 unspecified atom stereocenters. The van der Waals surface area contributed by atoms with Crippen molar-refractivity contribution in [3.05, 3.63) is 68.5 Å². The average Bonchev–Trinajstić information content (AvgIpc) is 2.48. The van der Waals surface area contributed by atoms with Crippen LogP contribution in [0, 0.1) is 27.7 Å². The number of aryl methyl sites for hydroxylation is 4. The van der Waals surface area contributed by atoms with Crippen molar-refractivity contribution in [2.75, 3.05) is 0 Å². The van der Waals surface area contributed by atoms with Crippen LogP contribution in [0.25, 0.3) is 9.30 Å². The Kier molecular flexibility index (Phi) is 19.5. The van der Waals surface area contributed by atoms with Gasteiger partial charge in [-0.15, -0.1) is 0 Å². The minimum Gasteiger partial charge on any atom is -0.668 e. The summed E-state index contributed by atoms with van der Waals surface area (Å²) in [5.41, 5.74) is 5.02. The molecule has 4 nitrogen and oxygen atoms in total. The van der Waals surface area contributed by atoms with Crippen molar-refractivity contribution in [2.45, 2.75) is 106 Å². The van der Waals surface area contributed by atoms with Gasteiger partial charge < -0.3 is 9.30 Å². The fourth-order valence-corrected chi connectivity index (χ4v) is 19.6. The molecule has 0 spiro atoms. The summed E-state index contributed by atoms with van der Waals surface area (Å²) in [7, 11) is -4.42. The summed E-state index contributed by atoms with van der Waals surface area (Å²) in [4.78, 5) is 7.01. The maximum Gasteiger partial charge on any atom is 2.00 e. The van der Waals surface area contributed by atoms with Crippen LogP contribution in [0.4, 0.5) is 0 Å². The molecule has 0 amide bonds. The number of hydrogen-bond acceptors (Lipinski definition) is 1. The zero-order valence-electron chi connectivity index (χ0n) is 26.0. The first-order valence-corrected chi connectivity index (χ1v) is 26.1. The SMILES string of the molecule is C[Si](C)(C)[N-][Si](C)(C)C.C[Si](C)(C)[N-][Si](C)(C)C.Cc1c[nH+]cc(C)c1.Cc1cncc(C)c1.[Mg+2]. The van der Waals surface area contributed by atoms with E-state index in [1.807, 2.05) is 38.6 Å². The predicted octanol–water partition coefficient (Wildman–Crippen LogP) is 8.49. The third-order valence-corrected chi connectivity index (χ3v) is 14.2. The molecule has 0 aliphatic carbocycles. The van der Waals surface area contributed by atoms with E-state index in [1.165, 1.54) is 22.3 Å². The van der Waals surface area contributed by atoms with Gasteiger partial charge in [0.2, 0.25) is 0 Å². The van der Waals surface area contributed by atoms with Gasteiger partial charge in [0.25, 0.3) is 0 Å². The molecule has 35 heavy (non-hydrogen) atoms. The van der Waals surface area contributed by atoms with Crippen molar-refractivity contribution in [1.29, 1.82) is 0 Å². The van der Waals surface area contributed by atoms with Crippen LogP contribution in [0.15, 0.2) is 36.9 Å². The van der Waals surface area contributed by atoms with Gasteiger partial charge in [0.15, 0.2) is 12.4 Å². The first kappa shape index (κ1) is 39.4. The second kappa shape index (κ2) is 17.4. The maximum absolute atomic E-state index is 4.82. The van der Waals surface area contributed by atoms with Gasteiger partial charge in [-0.3, -0.25) is 4.98 Å². The standard InChI is InChI=1S/2C7H9N.2C6H18NSi2.Mg/c2*1-6-3-7(2)5-8-4-6;2*1-8(2,3)7-9(4,5)6;/h2*3-5H,1-2H3;2*1-6H3;/q;;2*-1;+2/p+1. The van der Waals surface area contributed by atoms with Crippen molar-refractivity contribution in [3.63, 3.8) is 0 Å². The summed E-state index contributed by atoms with van der Waals surface area (Å²) in [6, 6.07) is 4.24. The van der Waals surface area contributed by atoms with Crippen molar-refractivity contribution >= 4 is 56.0 Å². The number of aromatic amines is 1. The molecule has 2 aromatic rings. The Morgan fingerprint density at radius 3 is 0.886 bits per heavy atom. The van der Waals surface area contributed by atoms with Crippen LogP contribution < -0.4 is 4.98 Å². The van der Waals surface area contributed by atoms with Gasteiger partial charge in [-0.1, -0.05) is 118 Å². The van der Waals surface area contributed by atoms with E-state index in [-0.39, 0.29) is 23.1 Å². The van der Waals surface area contributed by atoms with Gasteiger partial charge in [0.05, 0.1) is 0 Å². The Balaban J connectivity index is -0.000000387. The number of nitrogens with zero attached hydrogens (tertiary/aromatic N) is 3. The van der Waals surface area contributed by atoms with E-state index in [9.17, 15) is 0 Å². The van der Waals surface area contributed by atoms with E-state index >= 15 is 0 Å². The topological polar surface area (TPSA) is 55.2 Å². The Morgan fingerprint density at radius 1 is 0.514 bits per heavy atom.